The number of hydrogen-bond acceptors (Lipinski definition) is 6. The van der Waals surface area contributed by atoms with Crippen molar-refractivity contribution in [1.29, 1.82) is 0 Å². The molecule has 0 fully saturated rings. The van der Waals surface area contributed by atoms with Crippen molar-refractivity contribution in [2.45, 2.75) is 20.8 Å². The molecule has 7 nitrogen and oxygen atoms in total. The Morgan fingerprint density at radius 1 is 0.857 bits per heavy atom. The SMILES string of the molecule is CC.CCOCCOCCOCCOCCNC(=O)CO. The molecule has 0 spiro atoms. The number of aliphatic hydroxyl groups is 1. The molecule has 0 saturated heterocycles. The zero-order valence-corrected chi connectivity index (χ0v) is 13.6. The van der Waals surface area contributed by atoms with Gasteiger partial charge in [-0.1, -0.05) is 13.8 Å². The second kappa shape index (κ2) is 21.6. The molecule has 7 heteroatoms. The molecule has 0 bridgehead atoms. The van der Waals surface area contributed by atoms with E-state index >= 15 is 0 Å². The fraction of sp³-hybridized carbons (Fsp3) is 0.929. The third kappa shape index (κ3) is 21.7. The first-order chi connectivity index (χ1) is 10.3. The molecular formula is C14H31NO6. The summed E-state index contributed by atoms with van der Waals surface area (Å²) in [6.45, 7) is 10.2. The van der Waals surface area contributed by atoms with Gasteiger partial charge in [-0.25, -0.2) is 0 Å². The monoisotopic (exact) mass is 309 g/mol. The van der Waals surface area contributed by atoms with Crippen LogP contribution in [0.15, 0.2) is 0 Å². The summed E-state index contributed by atoms with van der Waals surface area (Å²) in [5, 5.41) is 10.9. The van der Waals surface area contributed by atoms with E-state index in [1.165, 1.54) is 0 Å². The normalized spacial score (nSPS) is 9.90. The van der Waals surface area contributed by atoms with Crippen LogP contribution in [0.4, 0.5) is 0 Å². The maximum atomic E-state index is 10.6. The minimum absolute atomic E-state index is 0.389. The van der Waals surface area contributed by atoms with Crippen molar-refractivity contribution in [3.63, 3.8) is 0 Å². The van der Waals surface area contributed by atoms with Gasteiger partial charge < -0.3 is 29.4 Å². The van der Waals surface area contributed by atoms with Crippen LogP contribution >= 0.6 is 0 Å². The summed E-state index contributed by atoms with van der Waals surface area (Å²) in [4.78, 5) is 10.6. The van der Waals surface area contributed by atoms with Gasteiger partial charge in [-0.15, -0.1) is 0 Å². The maximum Gasteiger partial charge on any atom is 0.245 e. The van der Waals surface area contributed by atoms with Gasteiger partial charge in [0.15, 0.2) is 0 Å². The second-order valence-electron chi connectivity index (χ2n) is 3.54. The lowest BCUT2D eigenvalue weighted by Crippen LogP contribution is -2.29. The average molecular weight is 309 g/mol. The first kappa shape index (κ1) is 22.5. The molecule has 2 N–H and O–H groups in total. The smallest absolute Gasteiger partial charge is 0.245 e. The predicted molar refractivity (Wildman–Crippen MR) is 80.4 cm³/mol. The highest BCUT2D eigenvalue weighted by Crippen LogP contribution is 1.82. The summed E-state index contributed by atoms with van der Waals surface area (Å²) in [5.41, 5.74) is 0. The Bertz CT molecular complexity index is 204. The number of ether oxygens (including phenoxy) is 4. The highest BCUT2D eigenvalue weighted by atomic mass is 16.6. The van der Waals surface area contributed by atoms with Gasteiger partial charge in [-0.3, -0.25) is 4.79 Å². The molecule has 128 valence electrons. The lowest BCUT2D eigenvalue weighted by molar-refractivity contribution is -0.124. The maximum absolute atomic E-state index is 10.6. The van der Waals surface area contributed by atoms with Gasteiger partial charge in [0, 0.05) is 13.2 Å². The zero-order chi connectivity index (χ0) is 16.2. The highest BCUT2D eigenvalue weighted by molar-refractivity contribution is 5.76. The van der Waals surface area contributed by atoms with Gasteiger partial charge in [0.1, 0.15) is 6.61 Å². The van der Waals surface area contributed by atoms with Gasteiger partial charge in [-0.2, -0.15) is 0 Å². The fourth-order valence-corrected chi connectivity index (χ4v) is 1.12. The van der Waals surface area contributed by atoms with Crippen LogP contribution in [-0.2, 0) is 23.7 Å². The molecule has 0 radical (unpaired) electrons. The number of amides is 1. The Hall–Kier alpha value is -0.730. The average Bonchev–Trinajstić information content (AvgIpc) is 2.53. The number of carbonyl (C=O) groups is 1. The number of carbonyl (C=O) groups excluding carboxylic acids is 1. The van der Waals surface area contributed by atoms with E-state index in [0.717, 1.165) is 0 Å². The van der Waals surface area contributed by atoms with Crippen LogP contribution in [0.1, 0.15) is 20.8 Å². The first-order valence-corrected chi connectivity index (χ1v) is 7.49. The molecule has 0 aromatic carbocycles. The van der Waals surface area contributed by atoms with Crippen LogP contribution in [-0.4, -0.2) is 77.0 Å². The summed E-state index contributed by atoms with van der Waals surface area (Å²) >= 11 is 0. The van der Waals surface area contributed by atoms with Gasteiger partial charge in [-0.05, 0) is 6.92 Å². The van der Waals surface area contributed by atoms with E-state index in [2.05, 4.69) is 5.32 Å². The van der Waals surface area contributed by atoms with E-state index in [1.807, 2.05) is 20.8 Å². The minimum atomic E-state index is -0.494. The largest absolute Gasteiger partial charge is 0.387 e. The molecule has 0 atom stereocenters. The molecule has 0 aromatic rings. The minimum Gasteiger partial charge on any atom is -0.387 e. The van der Waals surface area contributed by atoms with E-state index in [1.54, 1.807) is 0 Å². The number of aliphatic hydroxyl groups excluding tert-OH is 1. The molecule has 0 aliphatic rings. The van der Waals surface area contributed by atoms with E-state index in [0.29, 0.717) is 59.4 Å². The topological polar surface area (TPSA) is 86.3 Å². The van der Waals surface area contributed by atoms with Crippen molar-refractivity contribution in [1.82, 2.24) is 5.32 Å². The first-order valence-electron chi connectivity index (χ1n) is 7.49. The molecule has 0 saturated carbocycles. The van der Waals surface area contributed by atoms with Gasteiger partial charge in [0.25, 0.3) is 0 Å². The van der Waals surface area contributed by atoms with Crippen molar-refractivity contribution < 1.29 is 28.8 Å². The van der Waals surface area contributed by atoms with E-state index in [-0.39, 0.29) is 0 Å². The lowest BCUT2D eigenvalue weighted by Gasteiger charge is -2.07. The fourth-order valence-electron chi connectivity index (χ4n) is 1.12. The van der Waals surface area contributed by atoms with Crippen molar-refractivity contribution in [3.05, 3.63) is 0 Å². The zero-order valence-electron chi connectivity index (χ0n) is 13.6. The Balaban J connectivity index is 0. The molecule has 1 amide bonds. The Labute approximate surface area is 127 Å². The summed E-state index contributed by atoms with van der Waals surface area (Å²) < 4.78 is 20.8. The molecule has 0 aliphatic heterocycles. The van der Waals surface area contributed by atoms with Crippen LogP contribution < -0.4 is 5.32 Å². The molecule has 0 rings (SSSR count). The third-order valence-electron chi connectivity index (χ3n) is 2.03. The van der Waals surface area contributed by atoms with E-state index in [9.17, 15) is 4.79 Å². The van der Waals surface area contributed by atoms with Crippen LogP contribution in [0.25, 0.3) is 0 Å². The second-order valence-corrected chi connectivity index (χ2v) is 3.54. The lowest BCUT2D eigenvalue weighted by atomic mass is 10.6. The molecule has 0 heterocycles. The number of nitrogens with one attached hydrogen (secondary N) is 1. The summed E-state index contributed by atoms with van der Waals surface area (Å²) in [7, 11) is 0. The standard InChI is InChI=1S/C12H25NO6.C2H6/c1-2-16-5-6-18-9-10-19-8-7-17-4-3-13-12(15)11-14;1-2/h14H,2-11H2,1H3,(H,13,15);1-2H3. The molecule has 21 heavy (non-hydrogen) atoms. The molecule has 0 unspecified atom stereocenters. The number of rotatable bonds is 14. The molecular weight excluding hydrogens is 278 g/mol. The molecule has 0 aromatic heterocycles. The van der Waals surface area contributed by atoms with Crippen molar-refractivity contribution in [2.24, 2.45) is 0 Å². The van der Waals surface area contributed by atoms with Crippen LogP contribution in [0.5, 0.6) is 0 Å². The Kier molecular flexibility index (Phi) is 23.2. The van der Waals surface area contributed by atoms with Crippen LogP contribution in [0, 0.1) is 0 Å². The highest BCUT2D eigenvalue weighted by Gasteiger charge is 1.96. The van der Waals surface area contributed by atoms with Crippen molar-refractivity contribution in [2.75, 3.05) is 66.0 Å². The van der Waals surface area contributed by atoms with Gasteiger partial charge in [0.05, 0.1) is 46.2 Å². The Morgan fingerprint density at radius 3 is 1.71 bits per heavy atom. The summed E-state index contributed by atoms with van der Waals surface area (Å²) in [5.74, 6) is -0.399. The van der Waals surface area contributed by atoms with Crippen LogP contribution in [0.3, 0.4) is 0 Å². The van der Waals surface area contributed by atoms with E-state index < -0.39 is 12.5 Å². The van der Waals surface area contributed by atoms with Gasteiger partial charge >= 0.3 is 0 Å². The van der Waals surface area contributed by atoms with E-state index in [4.69, 9.17) is 24.1 Å². The van der Waals surface area contributed by atoms with Crippen LogP contribution in [0.2, 0.25) is 0 Å². The summed E-state index contributed by atoms with van der Waals surface area (Å²) in [6.07, 6.45) is 0. The quantitative estimate of drug-likeness (QED) is 0.446. The van der Waals surface area contributed by atoms with Crippen molar-refractivity contribution in [3.8, 4) is 0 Å². The third-order valence-corrected chi connectivity index (χ3v) is 2.03. The predicted octanol–water partition coefficient (Wildman–Crippen LogP) is 0.207. The molecule has 0 aliphatic carbocycles. The van der Waals surface area contributed by atoms with Crippen molar-refractivity contribution >= 4 is 5.91 Å². The Morgan fingerprint density at radius 2 is 1.29 bits per heavy atom. The summed E-state index contributed by atoms with van der Waals surface area (Å²) in [6, 6.07) is 0. The van der Waals surface area contributed by atoms with Gasteiger partial charge in [0.2, 0.25) is 5.91 Å². The number of hydrogen-bond donors (Lipinski definition) is 2.